The standard InChI is InChI=1S/C14H21NO3.ClH/c1-3-9-18-13-6-5-12(11-15-7-8-16)10-14(13)17-4-2;/h3,5-6,10,15-16H,1,4,7-9,11H2,2H3;1H/p-1. The Kier molecular flexibility index (Phi) is 9.98. The Bertz CT molecular complexity index is 372. The van der Waals surface area contributed by atoms with Crippen molar-refractivity contribution < 1.29 is 27.0 Å². The molecule has 0 bridgehead atoms. The molecule has 0 heterocycles. The molecule has 1 rings (SSSR count). The lowest BCUT2D eigenvalue weighted by Gasteiger charge is -2.12. The van der Waals surface area contributed by atoms with Crippen molar-refractivity contribution in [3.8, 4) is 11.5 Å². The minimum Gasteiger partial charge on any atom is -1.00 e. The fourth-order valence-corrected chi connectivity index (χ4v) is 1.51. The van der Waals surface area contributed by atoms with Gasteiger partial charge >= 0.3 is 0 Å². The van der Waals surface area contributed by atoms with Crippen LogP contribution in [0.5, 0.6) is 11.5 Å². The fraction of sp³-hybridized carbons (Fsp3) is 0.429. The van der Waals surface area contributed by atoms with E-state index < -0.39 is 0 Å². The minimum absolute atomic E-state index is 0. The van der Waals surface area contributed by atoms with E-state index in [-0.39, 0.29) is 19.0 Å². The zero-order chi connectivity index (χ0) is 13.2. The Morgan fingerprint density at radius 2 is 2.11 bits per heavy atom. The first kappa shape index (κ1) is 17.8. The van der Waals surface area contributed by atoms with Crippen molar-refractivity contribution in [2.75, 3.05) is 26.4 Å². The van der Waals surface area contributed by atoms with Gasteiger partial charge in [-0.1, -0.05) is 18.7 Å². The molecule has 0 radical (unpaired) electrons. The number of hydrogen-bond donors (Lipinski definition) is 2. The number of nitrogens with one attached hydrogen (secondary N) is 1. The summed E-state index contributed by atoms with van der Waals surface area (Å²) in [5.74, 6) is 1.46. The Hall–Kier alpha value is -1.23. The van der Waals surface area contributed by atoms with Crippen LogP contribution in [-0.4, -0.2) is 31.5 Å². The number of ether oxygens (including phenoxy) is 2. The van der Waals surface area contributed by atoms with Gasteiger partial charge in [-0.15, -0.1) is 0 Å². The van der Waals surface area contributed by atoms with Crippen LogP contribution in [0.1, 0.15) is 12.5 Å². The number of aliphatic hydroxyl groups excluding tert-OH is 1. The highest BCUT2D eigenvalue weighted by molar-refractivity contribution is 5.43. The SMILES string of the molecule is C=CCOc1ccc(CNCCO)cc1OCC.[Cl-]. The van der Waals surface area contributed by atoms with E-state index in [1.54, 1.807) is 6.08 Å². The second-order valence-electron chi connectivity index (χ2n) is 3.71. The van der Waals surface area contributed by atoms with E-state index >= 15 is 0 Å². The monoisotopic (exact) mass is 286 g/mol. The van der Waals surface area contributed by atoms with Crippen molar-refractivity contribution in [1.29, 1.82) is 0 Å². The largest absolute Gasteiger partial charge is 1.00 e. The zero-order valence-corrected chi connectivity index (χ0v) is 11.9. The fourth-order valence-electron chi connectivity index (χ4n) is 1.51. The summed E-state index contributed by atoms with van der Waals surface area (Å²) < 4.78 is 11.1. The Labute approximate surface area is 120 Å². The number of benzene rings is 1. The van der Waals surface area contributed by atoms with Crippen LogP contribution in [-0.2, 0) is 6.54 Å². The molecule has 2 N–H and O–H groups in total. The van der Waals surface area contributed by atoms with Crippen molar-refractivity contribution >= 4 is 0 Å². The lowest BCUT2D eigenvalue weighted by atomic mass is 10.2. The van der Waals surface area contributed by atoms with Crippen LogP contribution in [0.2, 0.25) is 0 Å². The van der Waals surface area contributed by atoms with E-state index in [0.717, 1.165) is 17.1 Å². The van der Waals surface area contributed by atoms with Crippen LogP contribution in [0.4, 0.5) is 0 Å². The first-order valence-electron chi connectivity index (χ1n) is 6.12. The quantitative estimate of drug-likeness (QED) is 0.439. The molecule has 0 unspecified atom stereocenters. The number of rotatable bonds is 9. The Morgan fingerprint density at radius 1 is 1.32 bits per heavy atom. The normalized spacial score (nSPS) is 9.58. The van der Waals surface area contributed by atoms with E-state index in [1.165, 1.54) is 0 Å². The number of hydrogen-bond acceptors (Lipinski definition) is 4. The minimum atomic E-state index is 0. The summed E-state index contributed by atoms with van der Waals surface area (Å²) in [5.41, 5.74) is 1.10. The van der Waals surface area contributed by atoms with Crippen molar-refractivity contribution in [1.82, 2.24) is 5.32 Å². The predicted molar refractivity (Wildman–Crippen MR) is 72.1 cm³/mol. The van der Waals surface area contributed by atoms with Gasteiger partial charge in [-0.25, -0.2) is 0 Å². The molecule has 1 aromatic rings. The molecule has 0 aliphatic rings. The number of halogens is 1. The summed E-state index contributed by atoms with van der Waals surface area (Å²) in [7, 11) is 0. The second-order valence-corrected chi connectivity index (χ2v) is 3.71. The summed E-state index contributed by atoms with van der Waals surface area (Å²) >= 11 is 0. The molecule has 0 aliphatic carbocycles. The van der Waals surface area contributed by atoms with Gasteiger partial charge in [0, 0.05) is 13.1 Å². The molecule has 0 saturated heterocycles. The van der Waals surface area contributed by atoms with Gasteiger partial charge in [0.05, 0.1) is 13.2 Å². The third kappa shape index (κ3) is 6.47. The summed E-state index contributed by atoms with van der Waals surface area (Å²) in [6.07, 6.45) is 1.70. The van der Waals surface area contributed by atoms with E-state index in [2.05, 4.69) is 11.9 Å². The molecule has 0 amide bonds. The summed E-state index contributed by atoms with van der Waals surface area (Å²) in [4.78, 5) is 0. The van der Waals surface area contributed by atoms with Gasteiger partial charge in [-0.3, -0.25) is 0 Å². The first-order chi connectivity index (χ1) is 8.81. The van der Waals surface area contributed by atoms with Crippen LogP contribution < -0.4 is 27.2 Å². The van der Waals surface area contributed by atoms with Crippen LogP contribution >= 0.6 is 0 Å². The predicted octanol–water partition coefficient (Wildman–Crippen LogP) is -1.26. The highest BCUT2D eigenvalue weighted by atomic mass is 35.5. The molecule has 5 heteroatoms. The molecule has 0 saturated carbocycles. The third-order valence-corrected chi connectivity index (χ3v) is 2.28. The molecule has 108 valence electrons. The molecule has 0 spiro atoms. The zero-order valence-electron chi connectivity index (χ0n) is 11.2. The van der Waals surface area contributed by atoms with Gasteiger partial charge in [0.15, 0.2) is 11.5 Å². The van der Waals surface area contributed by atoms with Crippen LogP contribution in [0.25, 0.3) is 0 Å². The Balaban J connectivity index is 0.00000324. The summed E-state index contributed by atoms with van der Waals surface area (Å²) in [6, 6.07) is 5.82. The maximum Gasteiger partial charge on any atom is 0.161 e. The average Bonchev–Trinajstić information content (AvgIpc) is 2.38. The molecular formula is C14H21ClNO3-. The van der Waals surface area contributed by atoms with Gasteiger partial charge in [0.1, 0.15) is 6.61 Å². The maximum absolute atomic E-state index is 8.71. The maximum atomic E-state index is 8.71. The number of aliphatic hydroxyl groups is 1. The lowest BCUT2D eigenvalue weighted by Crippen LogP contribution is -3.00. The molecular weight excluding hydrogens is 266 g/mol. The highest BCUT2D eigenvalue weighted by Gasteiger charge is 2.05. The average molecular weight is 287 g/mol. The summed E-state index contributed by atoms with van der Waals surface area (Å²) in [6.45, 7) is 8.03. The first-order valence-corrected chi connectivity index (χ1v) is 6.12. The summed E-state index contributed by atoms with van der Waals surface area (Å²) in [5, 5.41) is 11.8. The van der Waals surface area contributed by atoms with Gasteiger partial charge in [-0.2, -0.15) is 0 Å². The van der Waals surface area contributed by atoms with Gasteiger partial charge in [-0.05, 0) is 24.6 Å². The molecule has 4 nitrogen and oxygen atoms in total. The van der Waals surface area contributed by atoms with Crippen LogP contribution in [0.3, 0.4) is 0 Å². The van der Waals surface area contributed by atoms with E-state index in [0.29, 0.717) is 26.3 Å². The topological polar surface area (TPSA) is 50.7 Å². The van der Waals surface area contributed by atoms with Gasteiger partial charge in [0.25, 0.3) is 0 Å². The van der Waals surface area contributed by atoms with Crippen molar-refractivity contribution in [3.63, 3.8) is 0 Å². The molecule has 0 fully saturated rings. The van der Waals surface area contributed by atoms with Crippen LogP contribution in [0, 0.1) is 0 Å². The van der Waals surface area contributed by atoms with Crippen molar-refractivity contribution in [2.45, 2.75) is 13.5 Å². The molecule has 19 heavy (non-hydrogen) atoms. The molecule has 0 aliphatic heterocycles. The molecule has 1 aromatic carbocycles. The van der Waals surface area contributed by atoms with E-state index in [4.69, 9.17) is 14.6 Å². The lowest BCUT2D eigenvalue weighted by molar-refractivity contribution is -0.00000566. The third-order valence-electron chi connectivity index (χ3n) is 2.28. The second kappa shape index (κ2) is 10.7. The van der Waals surface area contributed by atoms with E-state index in [1.807, 2.05) is 25.1 Å². The van der Waals surface area contributed by atoms with Gasteiger partial charge < -0.3 is 32.3 Å². The Morgan fingerprint density at radius 3 is 2.74 bits per heavy atom. The molecule has 0 atom stereocenters. The highest BCUT2D eigenvalue weighted by Crippen LogP contribution is 2.28. The molecule has 0 aromatic heterocycles. The van der Waals surface area contributed by atoms with Crippen molar-refractivity contribution in [2.24, 2.45) is 0 Å². The van der Waals surface area contributed by atoms with Gasteiger partial charge in [0.2, 0.25) is 0 Å². The van der Waals surface area contributed by atoms with Crippen LogP contribution in [0.15, 0.2) is 30.9 Å². The van der Waals surface area contributed by atoms with Crippen molar-refractivity contribution in [3.05, 3.63) is 36.4 Å². The van der Waals surface area contributed by atoms with E-state index in [9.17, 15) is 0 Å². The smallest absolute Gasteiger partial charge is 0.161 e.